The molecule has 2 aromatic heterocycles. The van der Waals surface area contributed by atoms with Crippen LogP contribution in [-0.2, 0) is 0 Å². The van der Waals surface area contributed by atoms with Crippen molar-refractivity contribution in [1.82, 2.24) is 14.9 Å². The van der Waals surface area contributed by atoms with E-state index in [1.165, 1.54) is 6.07 Å². The number of nitrogens with one attached hydrogen (secondary N) is 1. The van der Waals surface area contributed by atoms with Crippen LogP contribution < -0.4 is 15.2 Å². The highest BCUT2D eigenvalue weighted by Gasteiger charge is 2.29. The molecular weight excluding hydrogens is 320 g/mol. The SMILES string of the molecule is Cc1[nH]c(=O)ccc1C(=O)N1CCC(Oc2cccnc2N(C)C)C1. The van der Waals surface area contributed by atoms with Crippen LogP contribution in [0.3, 0.4) is 0 Å². The molecule has 0 aromatic carbocycles. The molecule has 1 saturated heterocycles. The van der Waals surface area contributed by atoms with E-state index in [1.54, 1.807) is 24.1 Å². The minimum Gasteiger partial charge on any atom is -0.485 e. The summed E-state index contributed by atoms with van der Waals surface area (Å²) in [6.07, 6.45) is 2.41. The summed E-state index contributed by atoms with van der Waals surface area (Å²) >= 11 is 0. The van der Waals surface area contributed by atoms with E-state index in [0.29, 0.717) is 30.1 Å². The van der Waals surface area contributed by atoms with E-state index in [-0.39, 0.29) is 17.6 Å². The summed E-state index contributed by atoms with van der Waals surface area (Å²) in [5.74, 6) is 1.40. The average Bonchev–Trinajstić information content (AvgIpc) is 3.03. The van der Waals surface area contributed by atoms with Crippen molar-refractivity contribution in [3.63, 3.8) is 0 Å². The fourth-order valence-corrected chi connectivity index (χ4v) is 2.98. The summed E-state index contributed by atoms with van der Waals surface area (Å²) < 4.78 is 6.08. The number of aryl methyl sites for hydroxylation is 1. The quantitative estimate of drug-likeness (QED) is 0.910. The summed E-state index contributed by atoms with van der Waals surface area (Å²) in [4.78, 5) is 34.7. The summed E-state index contributed by atoms with van der Waals surface area (Å²) in [6, 6.07) is 6.68. The van der Waals surface area contributed by atoms with Crippen molar-refractivity contribution in [2.45, 2.75) is 19.4 Å². The number of amides is 1. The molecule has 3 heterocycles. The van der Waals surface area contributed by atoms with E-state index < -0.39 is 0 Å². The Hall–Kier alpha value is -2.83. The normalized spacial score (nSPS) is 16.8. The van der Waals surface area contributed by atoms with Gasteiger partial charge in [-0.2, -0.15) is 0 Å². The first-order valence-electron chi connectivity index (χ1n) is 8.24. The Kier molecular flexibility index (Phi) is 4.74. The zero-order valence-corrected chi connectivity index (χ0v) is 14.7. The second kappa shape index (κ2) is 6.96. The maximum atomic E-state index is 12.7. The molecule has 2 aromatic rings. The molecule has 7 nitrogen and oxygen atoms in total. The summed E-state index contributed by atoms with van der Waals surface area (Å²) in [7, 11) is 3.83. The van der Waals surface area contributed by atoms with Crippen LogP contribution in [0.15, 0.2) is 35.3 Å². The van der Waals surface area contributed by atoms with Gasteiger partial charge in [0.2, 0.25) is 5.56 Å². The maximum absolute atomic E-state index is 12.7. The van der Waals surface area contributed by atoms with Crippen molar-refractivity contribution in [1.29, 1.82) is 0 Å². The van der Waals surface area contributed by atoms with Crippen molar-refractivity contribution in [2.75, 3.05) is 32.1 Å². The molecule has 0 bridgehead atoms. The lowest BCUT2D eigenvalue weighted by Gasteiger charge is -2.20. The Bertz CT molecular complexity index is 831. The molecule has 25 heavy (non-hydrogen) atoms. The van der Waals surface area contributed by atoms with Crippen molar-refractivity contribution < 1.29 is 9.53 Å². The van der Waals surface area contributed by atoms with Crippen molar-refractivity contribution in [2.24, 2.45) is 0 Å². The number of carbonyl (C=O) groups excluding carboxylic acids is 1. The second-order valence-electron chi connectivity index (χ2n) is 6.36. The first-order valence-corrected chi connectivity index (χ1v) is 8.24. The molecule has 1 fully saturated rings. The smallest absolute Gasteiger partial charge is 0.255 e. The largest absolute Gasteiger partial charge is 0.485 e. The number of rotatable bonds is 4. The number of hydrogen-bond donors (Lipinski definition) is 1. The molecule has 0 saturated carbocycles. The lowest BCUT2D eigenvalue weighted by molar-refractivity contribution is 0.0771. The first-order chi connectivity index (χ1) is 12.0. The third kappa shape index (κ3) is 3.65. The molecule has 1 amide bonds. The summed E-state index contributed by atoms with van der Waals surface area (Å²) in [6.45, 7) is 2.87. The third-order valence-corrected chi connectivity index (χ3v) is 4.25. The van der Waals surface area contributed by atoms with Crippen LogP contribution in [0.4, 0.5) is 5.82 Å². The molecule has 7 heteroatoms. The molecule has 1 N–H and O–H groups in total. The van der Waals surface area contributed by atoms with Gasteiger partial charge in [0.15, 0.2) is 11.6 Å². The molecular formula is C18H22N4O3. The summed E-state index contributed by atoms with van der Waals surface area (Å²) in [5, 5.41) is 0. The van der Waals surface area contributed by atoms with E-state index in [9.17, 15) is 9.59 Å². The monoisotopic (exact) mass is 342 g/mol. The van der Waals surface area contributed by atoms with Crippen LogP contribution in [0.5, 0.6) is 5.75 Å². The zero-order chi connectivity index (χ0) is 18.0. The minimum atomic E-state index is -0.204. The van der Waals surface area contributed by atoms with Gasteiger partial charge in [0.1, 0.15) is 6.10 Å². The van der Waals surface area contributed by atoms with Crippen LogP contribution in [-0.4, -0.2) is 54.1 Å². The van der Waals surface area contributed by atoms with Gasteiger partial charge in [0.05, 0.1) is 12.1 Å². The van der Waals surface area contributed by atoms with E-state index >= 15 is 0 Å². The molecule has 1 aliphatic rings. The molecule has 1 atom stereocenters. The third-order valence-electron chi connectivity index (χ3n) is 4.25. The van der Waals surface area contributed by atoms with Gasteiger partial charge >= 0.3 is 0 Å². The van der Waals surface area contributed by atoms with Crippen molar-refractivity contribution in [3.05, 3.63) is 52.1 Å². The zero-order valence-electron chi connectivity index (χ0n) is 14.7. The van der Waals surface area contributed by atoms with Crippen LogP contribution in [0.1, 0.15) is 22.5 Å². The number of nitrogens with zero attached hydrogens (tertiary/aromatic N) is 3. The predicted molar refractivity (Wildman–Crippen MR) is 95.3 cm³/mol. The number of aromatic amines is 1. The highest BCUT2D eigenvalue weighted by Crippen LogP contribution is 2.27. The molecule has 0 aliphatic carbocycles. The highest BCUT2D eigenvalue weighted by molar-refractivity contribution is 5.95. The molecule has 0 radical (unpaired) electrons. The van der Waals surface area contributed by atoms with Gasteiger partial charge < -0.3 is 19.5 Å². The van der Waals surface area contributed by atoms with Crippen LogP contribution >= 0.6 is 0 Å². The first kappa shape index (κ1) is 17.0. The predicted octanol–water partition coefficient (Wildman–Crippen LogP) is 1.44. The lowest BCUT2D eigenvalue weighted by atomic mass is 10.2. The molecule has 132 valence electrons. The number of likely N-dealkylation sites (tertiary alicyclic amines) is 1. The van der Waals surface area contributed by atoms with Crippen LogP contribution in [0, 0.1) is 6.92 Å². The van der Waals surface area contributed by atoms with Gasteiger partial charge in [-0.25, -0.2) is 4.98 Å². The molecule has 3 rings (SSSR count). The second-order valence-corrected chi connectivity index (χ2v) is 6.36. The Morgan fingerprint density at radius 2 is 2.16 bits per heavy atom. The number of anilines is 1. The number of H-pyrrole nitrogens is 1. The Labute approximate surface area is 146 Å². The van der Waals surface area contributed by atoms with Gasteiger partial charge in [0.25, 0.3) is 5.91 Å². The topological polar surface area (TPSA) is 78.5 Å². The lowest BCUT2D eigenvalue weighted by Crippen LogP contribution is -2.32. The Balaban J connectivity index is 1.70. The van der Waals surface area contributed by atoms with Gasteiger partial charge in [-0.1, -0.05) is 0 Å². The molecule has 1 aliphatic heterocycles. The Morgan fingerprint density at radius 1 is 1.36 bits per heavy atom. The number of pyridine rings is 2. The van der Waals surface area contributed by atoms with Crippen molar-refractivity contribution in [3.8, 4) is 5.75 Å². The van der Waals surface area contributed by atoms with Gasteiger partial charge in [-0.15, -0.1) is 0 Å². The van der Waals surface area contributed by atoms with Crippen LogP contribution in [0.2, 0.25) is 0 Å². The average molecular weight is 342 g/mol. The number of aromatic nitrogens is 2. The number of carbonyl (C=O) groups is 1. The van der Waals surface area contributed by atoms with E-state index in [1.807, 2.05) is 31.1 Å². The minimum absolute atomic E-state index is 0.0742. The fourth-order valence-electron chi connectivity index (χ4n) is 2.98. The van der Waals surface area contributed by atoms with Gasteiger partial charge in [-0.05, 0) is 25.1 Å². The number of hydrogen-bond acceptors (Lipinski definition) is 5. The molecule has 0 spiro atoms. The maximum Gasteiger partial charge on any atom is 0.255 e. The van der Waals surface area contributed by atoms with Crippen molar-refractivity contribution >= 4 is 11.7 Å². The van der Waals surface area contributed by atoms with Gasteiger partial charge in [-0.3, -0.25) is 9.59 Å². The number of ether oxygens (including phenoxy) is 1. The Morgan fingerprint density at radius 3 is 2.88 bits per heavy atom. The fraction of sp³-hybridized carbons (Fsp3) is 0.389. The van der Waals surface area contributed by atoms with Crippen LogP contribution in [0.25, 0.3) is 0 Å². The van der Waals surface area contributed by atoms with E-state index in [2.05, 4.69) is 9.97 Å². The molecule has 1 unspecified atom stereocenters. The standard InChI is InChI=1S/C18H22N4O3/c1-12-14(6-7-16(23)20-12)18(24)22-10-8-13(11-22)25-15-5-4-9-19-17(15)21(2)3/h4-7,9,13H,8,10-11H2,1-3H3,(H,20,23). The summed E-state index contributed by atoms with van der Waals surface area (Å²) in [5.41, 5.74) is 0.907. The highest BCUT2D eigenvalue weighted by atomic mass is 16.5. The van der Waals surface area contributed by atoms with Gasteiger partial charge in [0, 0.05) is 45.0 Å². The van der Waals surface area contributed by atoms with E-state index in [4.69, 9.17) is 4.74 Å². The van der Waals surface area contributed by atoms with E-state index in [0.717, 1.165) is 12.2 Å².